The number of nitrogens with zero attached hydrogens (tertiary/aromatic N) is 1. The zero-order valence-corrected chi connectivity index (χ0v) is 13.3. The van der Waals surface area contributed by atoms with E-state index in [-0.39, 0.29) is 5.91 Å². The summed E-state index contributed by atoms with van der Waals surface area (Å²) >= 11 is 9.24. The fourth-order valence-electron chi connectivity index (χ4n) is 2.37. The molecule has 1 saturated heterocycles. The number of hydrogen-bond acceptors (Lipinski definition) is 2. The van der Waals surface area contributed by atoms with Crippen molar-refractivity contribution in [3.63, 3.8) is 0 Å². The van der Waals surface area contributed by atoms with Crippen molar-refractivity contribution in [2.75, 3.05) is 26.2 Å². The quantitative estimate of drug-likeness (QED) is 0.909. The Labute approximate surface area is 127 Å². The van der Waals surface area contributed by atoms with Crippen molar-refractivity contribution < 1.29 is 4.79 Å². The number of hydrogen-bond donors (Lipinski definition) is 1. The largest absolute Gasteiger partial charge is 0.352 e. The van der Waals surface area contributed by atoms with Gasteiger partial charge < -0.3 is 10.2 Å². The lowest BCUT2D eigenvalue weighted by atomic mass is 10.1. The molecule has 0 saturated carbocycles. The smallest absolute Gasteiger partial charge is 0.252 e. The van der Waals surface area contributed by atoms with Crippen LogP contribution < -0.4 is 5.32 Å². The van der Waals surface area contributed by atoms with Gasteiger partial charge in [0.15, 0.2) is 0 Å². The van der Waals surface area contributed by atoms with Crippen LogP contribution in [0.15, 0.2) is 22.7 Å². The summed E-state index contributed by atoms with van der Waals surface area (Å²) in [5.74, 6) is 0.522. The summed E-state index contributed by atoms with van der Waals surface area (Å²) in [4.78, 5) is 14.5. The second kappa shape index (κ2) is 6.73. The van der Waals surface area contributed by atoms with Gasteiger partial charge in [-0.2, -0.15) is 0 Å². The minimum Gasteiger partial charge on any atom is -0.352 e. The van der Waals surface area contributed by atoms with E-state index >= 15 is 0 Å². The van der Waals surface area contributed by atoms with Crippen molar-refractivity contribution >= 4 is 33.4 Å². The Kier molecular flexibility index (Phi) is 5.25. The highest BCUT2D eigenvalue weighted by Crippen LogP contribution is 2.21. The maximum Gasteiger partial charge on any atom is 0.252 e. The molecule has 1 fully saturated rings. The highest BCUT2D eigenvalue weighted by Gasteiger charge is 2.21. The highest BCUT2D eigenvalue weighted by atomic mass is 79.9. The summed E-state index contributed by atoms with van der Waals surface area (Å²) in [5, 5.41) is 3.63. The predicted octanol–water partition coefficient (Wildman–Crippen LogP) is 3.17. The first-order chi connectivity index (χ1) is 9.10. The topological polar surface area (TPSA) is 32.3 Å². The minimum atomic E-state index is -0.0431. The Morgan fingerprint density at radius 1 is 1.58 bits per heavy atom. The van der Waals surface area contributed by atoms with Crippen molar-refractivity contribution in [2.24, 2.45) is 5.92 Å². The molecule has 1 heterocycles. The molecule has 1 N–H and O–H groups in total. The summed E-state index contributed by atoms with van der Waals surface area (Å²) < 4.78 is 0.735. The molecular weight excluding hydrogens is 328 g/mol. The Morgan fingerprint density at radius 3 is 3.00 bits per heavy atom. The molecule has 1 amide bonds. The molecule has 1 aliphatic heterocycles. The number of carbonyl (C=O) groups excluding carboxylic acids is 1. The molecule has 0 bridgehead atoms. The Morgan fingerprint density at radius 2 is 2.37 bits per heavy atom. The van der Waals surface area contributed by atoms with Crippen molar-refractivity contribution in [3.8, 4) is 0 Å². The van der Waals surface area contributed by atoms with Gasteiger partial charge in [0.05, 0.1) is 5.56 Å². The average molecular weight is 346 g/mol. The standard InChI is InChI=1S/C14H18BrClN2O/c1-2-18-6-5-10(9-18)8-17-14(19)12-4-3-11(16)7-13(12)15/h3-4,7,10H,2,5-6,8-9H2,1H3,(H,17,19). The van der Waals surface area contributed by atoms with Gasteiger partial charge in [0, 0.05) is 22.6 Å². The van der Waals surface area contributed by atoms with Crippen molar-refractivity contribution in [2.45, 2.75) is 13.3 Å². The summed E-state index contributed by atoms with van der Waals surface area (Å²) in [6.45, 7) is 6.23. The van der Waals surface area contributed by atoms with Crippen LogP contribution >= 0.6 is 27.5 Å². The second-order valence-electron chi connectivity index (χ2n) is 4.88. The third kappa shape index (κ3) is 3.94. The fourth-order valence-corrected chi connectivity index (χ4v) is 3.24. The van der Waals surface area contributed by atoms with E-state index in [9.17, 15) is 4.79 Å². The molecular formula is C14H18BrClN2O. The summed E-state index contributed by atoms with van der Waals surface area (Å²) in [5.41, 5.74) is 0.634. The van der Waals surface area contributed by atoms with E-state index in [1.165, 1.54) is 0 Å². The van der Waals surface area contributed by atoms with Gasteiger partial charge in [-0.1, -0.05) is 18.5 Å². The van der Waals surface area contributed by atoms with Crippen LogP contribution in [0.3, 0.4) is 0 Å². The Hall–Kier alpha value is -0.580. The number of nitrogens with one attached hydrogen (secondary N) is 1. The van der Waals surface area contributed by atoms with Gasteiger partial charge >= 0.3 is 0 Å². The molecule has 2 rings (SSSR count). The second-order valence-corrected chi connectivity index (χ2v) is 6.17. The van der Waals surface area contributed by atoms with Gasteiger partial charge in [-0.15, -0.1) is 0 Å². The number of halogens is 2. The molecule has 1 atom stereocenters. The zero-order chi connectivity index (χ0) is 13.8. The van der Waals surface area contributed by atoms with Crippen LogP contribution in [-0.4, -0.2) is 37.0 Å². The average Bonchev–Trinajstić information content (AvgIpc) is 2.84. The van der Waals surface area contributed by atoms with Crippen LogP contribution in [0.2, 0.25) is 5.02 Å². The number of likely N-dealkylation sites (tertiary alicyclic amines) is 1. The molecule has 104 valence electrons. The van der Waals surface area contributed by atoms with Crippen LogP contribution in [0.4, 0.5) is 0 Å². The molecule has 1 unspecified atom stereocenters. The molecule has 0 spiro atoms. The molecule has 0 aromatic heterocycles. The summed E-state index contributed by atoms with van der Waals surface area (Å²) in [7, 11) is 0. The Balaban J connectivity index is 1.88. The van der Waals surface area contributed by atoms with Crippen LogP contribution in [-0.2, 0) is 0 Å². The van der Waals surface area contributed by atoms with Gasteiger partial charge in [-0.25, -0.2) is 0 Å². The minimum absolute atomic E-state index is 0.0431. The first-order valence-electron chi connectivity index (χ1n) is 6.55. The van der Waals surface area contributed by atoms with Crippen molar-refractivity contribution in [1.29, 1.82) is 0 Å². The molecule has 1 aromatic rings. The van der Waals surface area contributed by atoms with Crippen molar-refractivity contribution in [1.82, 2.24) is 10.2 Å². The van der Waals surface area contributed by atoms with E-state index < -0.39 is 0 Å². The molecule has 19 heavy (non-hydrogen) atoms. The number of carbonyl (C=O) groups is 1. The zero-order valence-electron chi connectivity index (χ0n) is 11.0. The molecule has 3 nitrogen and oxygen atoms in total. The summed E-state index contributed by atoms with van der Waals surface area (Å²) in [6.07, 6.45) is 1.16. The number of benzene rings is 1. The van der Waals surface area contributed by atoms with Gasteiger partial charge in [0.2, 0.25) is 0 Å². The molecule has 0 radical (unpaired) electrons. The molecule has 5 heteroatoms. The first kappa shape index (κ1) is 14.8. The van der Waals surface area contributed by atoms with Crippen molar-refractivity contribution in [3.05, 3.63) is 33.3 Å². The van der Waals surface area contributed by atoms with Gasteiger partial charge in [-0.05, 0) is 59.6 Å². The molecule has 1 aliphatic rings. The van der Waals surface area contributed by atoms with Crippen LogP contribution in [0.1, 0.15) is 23.7 Å². The van der Waals surface area contributed by atoms with E-state index in [4.69, 9.17) is 11.6 Å². The van der Waals surface area contributed by atoms with Crippen LogP contribution in [0.25, 0.3) is 0 Å². The van der Waals surface area contributed by atoms with E-state index in [1.54, 1.807) is 18.2 Å². The van der Waals surface area contributed by atoms with E-state index in [2.05, 4.69) is 33.1 Å². The number of amides is 1. The molecule has 0 aliphatic carbocycles. The highest BCUT2D eigenvalue weighted by molar-refractivity contribution is 9.10. The molecule has 1 aromatic carbocycles. The lowest BCUT2D eigenvalue weighted by Crippen LogP contribution is -2.31. The third-order valence-corrected chi connectivity index (χ3v) is 4.44. The van der Waals surface area contributed by atoms with E-state index in [1.807, 2.05) is 0 Å². The Bertz CT molecular complexity index is 467. The normalized spacial score (nSPS) is 19.6. The SMILES string of the molecule is CCN1CCC(CNC(=O)c2ccc(Cl)cc2Br)C1. The lowest BCUT2D eigenvalue weighted by Gasteiger charge is -2.14. The first-order valence-corrected chi connectivity index (χ1v) is 7.73. The fraction of sp³-hybridized carbons (Fsp3) is 0.500. The van der Waals surface area contributed by atoms with E-state index in [0.717, 1.165) is 37.1 Å². The van der Waals surface area contributed by atoms with Crippen LogP contribution in [0.5, 0.6) is 0 Å². The summed E-state index contributed by atoms with van der Waals surface area (Å²) in [6, 6.07) is 5.22. The van der Waals surface area contributed by atoms with Gasteiger partial charge in [0.25, 0.3) is 5.91 Å². The lowest BCUT2D eigenvalue weighted by molar-refractivity contribution is 0.0946. The van der Waals surface area contributed by atoms with Gasteiger partial charge in [-0.3, -0.25) is 4.79 Å². The van der Waals surface area contributed by atoms with Crippen LogP contribution in [0, 0.1) is 5.92 Å². The number of rotatable bonds is 4. The predicted molar refractivity (Wildman–Crippen MR) is 81.7 cm³/mol. The van der Waals surface area contributed by atoms with E-state index in [0.29, 0.717) is 16.5 Å². The monoisotopic (exact) mass is 344 g/mol. The maximum atomic E-state index is 12.1. The van der Waals surface area contributed by atoms with Gasteiger partial charge in [0.1, 0.15) is 0 Å². The third-order valence-electron chi connectivity index (χ3n) is 3.54. The maximum absolute atomic E-state index is 12.1.